The van der Waals surface area contributed by atoms with E-state index in [1.54, 1.807) is 0 Å². The molecule has 0 bridgehead atoms. The minimum absolute atomic E-state index is 0.480. The molecule has 21 heavy (non-hydrogen) atoms. The van der Waals surface area contributed by atoms with Crippen molar-refractivity contribution in [1.82, 2.24) is 15.1 Å². The van der Waals surface area contributed by atoms with Gasteiger partial charge in [0.15, 0.2) is 0 Å². The molecule has 0 saturated carbocycles. The highest BCUT2D eigenvalue weighted by atomic mass is 15.3. The van der Waals surface area contributed by atoms with Gasteiger partial charge in [0.1, 0.15) is 0 Å². The molecule has 3 nitrogen and oxygen atoms in total. The fourth-order valence-electron chi connectivity index (χ4n) is 3.82. The van der Waals surface area contributed by atoms with Crippen LogP contribution in [-0.4, -0.2) is 56.1 Å². The molecule has 1 aromatic carbocycles. The van der Waals surface area contributed by atoms with Crippen LogP contribution in [0.1, 0.15) is 31.4 Å². The fraction of sp³-hybridized carbons (Fsp3) is 0.667. The van der Waals surface area contributed by atoms with E-state index in [4.69, 9.17) is 0 Å². The number of hydrogen-bond acceptors (Lipinski definition) is 3. The van der Waals surface area contributed by atoms with Crippen molar-refractivity contribution >= 4 is 0 Å². The summed E-state index contributed by atoms with van der Waals surface area (Å²) in [4.78, 5) is 5.21. The van der Waals surface area contributed by atoms with Crippen LogP contribution in [-0.2, 0) is 0 Å². The minimum atomic E-state index is 0.480. The molecule has 1 N–H and O–H groups in total. The summed E-state index contributed by atoms with van der Waals surface area (Å²) in [6.45, 7) is 9.62. The molecule has 1 unspecified atom stereocenters. The number of hydrogen-bond donors (Lipinski definition) is 1. The Balaban J connectivity index is 1.75. The molecular formula is C18H29N3. The maximum absolute atomic E-state index is 3.50. The van der Waals surface area contributed by atoms with Gasteiger partial charge in [-0.3, -0.25) is 4.90 Å². The molecule has 2 aliphatic rings. The molecule has 2 saturated heterocycles. The van der Waals surface area contributed by atoms with Crippen LogP contribution >= 0.6 is 0 Å². The Labute approximate surface area is 129 Å². The molecule has 3 heteroatoms. The molecular weight excluding hydrogens is 258 g/mol. The van der Waals surface area contributed by atoms with Crippen LogP contribution < -0.4 is 5.32 Å². The molecule has 1 atom stereocenters. The Bertz CT molecular complexity index is 439. The summed E-state index contributed by atoms with van der Waals surface area (Å²) in [5.41, 5.74) is 1.95. The second-order valence-corrected chi connectivity index (χ2v) is 7.22. The maximum atomic E-state index is 3.50. The predicted molar refractivity (Wildman–Crippen MR) is 88.5 cm³/mol. The number of nitrogens with one attached hydrogen (secondary N) is 1. The van der Waals surface area contributed by atoms with E-state index >= 15 is 0 Å². The van der Waals surface area contributed by atoms with Crippen LogP contribution in [0.25, 0.3) is 0 Å². The van der Waals surface area contributed by atoms with E-state index in [9.17, 15) is 0 Å². The lowest BCUT2D eigenvalue weighted by molar-refractivity contribution is 0.0398. The van der Waals surface area contributed by atoms with E-state index in [0.717, 1.165) is 6.54 Å². The topological polar surface area (TPSA) is 18.5 Å². The molecule has 2 aliphatic heterocycles. The zero-order chi connectivity index (χ0) is 14.7. The smallest absolute Gasteiger partial charge is 0.0475 e. The van der Waals surface area contributed by atoms with E-state index in [0.29, 0.717) is 11.5 Å². The number of piperidine rings is 1. The lowest BCUT2D eigenvalue weighted by Crippen LogP contribution is -2.51. The van der Waals surface area contributed by atoms with Gasteiger partial charge in [0.25, 0.3) is 0 Å². The number of rotatable bonds is 3. The number of nitrogens with zero attached hydrogens (tertiary/aromatic N) is 2. The van der Waals surface area contributed by atoms with Gasteiger partial charge < -0.3 is 10.2 Å². The van der Waals surface area contributed by atoms with Crippen LogP contribution in [0.5, 0.6) is 0 Å². The van der Waals surface area contributed by atoms with Gasteiger partial charge in [0, 0.05) is 32.2 Å². The Morgan fingerprint density at radius 3 is 2.57 bits per heavy atom. The van der Waals surface area contributed by atoms with Gasteiger partial charge in [0.05, 0.1) is 0 Å². The zero-order valence-corrected chi connectivity index (χ0v) is 13.5. The standard InChI is InChI=1S/C18H29N3/c1-18(8-10-19-11-9-18)15-21-13-12-20(2)14-17(21)16-6-4-3-5-7-16/h3-7,17,19H,8-15H2,1-2H3. The summed E-state index contributed by atoms with van der Waals surface area (Å²) < 4.78 is 0. The van der Waals surface area contributed by atoms with Crippen LogP contribution in [0.3, 0.4) is 0 Å². The van der Waals surface area contributed by atoms with Gasteiger partial charge in [-0.1, -0.05) is 37.3 Å². The van der Waals surface area contributed by atoms with Crippen molar-refractivity contribution in [3.05, 3.63) is 35.9 Å². The Morgan fingerprint density at radius 2 is 1.86 bits per heavy atom. The summed E-state index contributed by atoms with van der Waals surface area (Å²) in [5.74, 6) is 0. The quantitative estimate of drug-likeness (QED) is 0.921. The third-order valence-corrected chi connectivity index (χ3v) is 5.27. The average molecular weight is 287 g/mol. The van der Waals surface area contributed by atoms with Crippen molar-refractivity contribution in [3.8, 4) is 0 Å². The normalized spacial score (nSPS) is 27.6. The van der Waals surface area contributed by atoms with E-state index in [2.05, 4.69) is 59.4 Å². The van der Waals surface area contributed by atoms with Crippen LogP contribution in [0.4, 0.5) is 0 Å². The highest BCUT2D eigenvalue weighted by molar-refractivity contribution is 5.20. The van der Waals surface area contributed by atoms with Gasteiger partial charge in [-0.2, -0.15) is 0 Å². The number of piperazine rings is 1. The van der Waals surface area contributed by atoms with E-state index < -0.39 is 0 Å². The van der Waals surface area contributed by atoms with Gasteiger partial charge in [-0.15, -0.1) is 0 Å². The van der Waals surface area contributed by atoms with E-state index in [1.165, 1.54) is 51.1 Å². The molecule has 2 fully saturated rings. The van der Waals surface area contributed by atoms with Gasteiger partial charge in [0.2, 0.25) is 0 Å². The highest BCUT2D eigenvalue weighted by Crippen LogP contribution is 2.33. The molecule has 116 valence electrons. The number of benzene rings is 1. The SMILES string of the molecule is CN1CCN(CC2(C)CCNCC2)C(c2ccccc2)C1. The Morgan fingerprint density at radius 1 is 1.14 bits per heavy atom. The van der Waals surface area contributed by atoms with Gasteiger partial charge in [-0.05, 0) is 44.0 Å². The van der Waals surface area contributed by atoms with Crippen LogP contribution in [0.15, 0.2) is 30.3 Å². The molecule has 3 rings (SSSR count). The molecule has 0 spiro atoms. The molecule has 0 aliphatic carbocycles. The van der Waals surface area contributed by atoms with Gasteiger partial charge in [-0.25, -0.2) is 0 Å². The second kappa shape index (κ2) is 6.47. The molecule has 0 amide bonds. The summed E-state index contributed by atoms with van der Waals surface area (Å²) in [5, 5.41) is 3.50. The first kappa shape index (κ1) is 15.0. The highest BCUT2D eigenvalue weighted by Gasteiger charge is 2.34. The fourth-order valence-corrected chi connectivity index (χ4v) is 3.82. The zero-order valence-electron chi connectivity index (χ0n) is 13.5. The summed E-state index contributed by atoms with van der Waals surface area (Å²) in [7, 11) is 2.25. The van der Waals surface area contributed by atoms with Crippen molar-refractivity contribution in [2.75, 3.05) is 46.3 Å². The summed E-state index contributed by atoms with van der Waals surface area (Å²) in [6, 6.07) is 11.6. The largest absolute Gasteiger partial charge is 0.317 e. The van der Waals surface area contributed by atoms with Crippen molar-refractivity contribution < 1.29 is 0 Å². The maximum Gasteiger partial charge on any atom is 0.0475 e. The van der Waals surface area contributed by atoms with Crippen molar-refractivity contribution in [2.45, 2.75) is 25.8 Å². The third kappa shape index (κ3) is 3.65. The van der Waals surface area contributed by atoms with E-state index in [1.807, 2.05) is 0 Å². The van der Waals surface area contributed by atoms with Crippen molar-refractivity contribution in [1.29, 1.82) is 0 Å². The van der Waals surface area contributed by atoms with Crippen LogP contribution in [0.2, 0.25) is 0 Å². The summed E-state index contributed by atoms with van der Waals surface area (Å²) in [6.07, 6.45) is 2.61. The Hall–Kier alpha value is -0.900. The van der Waals surface area contributed by atoms with Crippen molar-refractivity contribution in [3.63, 3.8) is 0 Å². The monoisotopic (exact) mass is 287 g/mol. The summed E-state index contributed by atoms with van der Waals surface area (Å²) >= 11 is 0. The van der Waals surface area contributed by atoms with Crippen molar-refractivity contribution in [2.24, 2.45) is 5.41 Å². The number of likely N-dealkylation sites (N-methyl/N-ethyl adjacent to an activating group) is 1. The average Bonchev–Trinajstić information content (AvgIpc) is 2.50. The second-order valence-electron chi connectivity index (χ2n) is 7.22. The first-order valence-corrected chi connectivity index (χ1v) is 8.35. The van der Waals surface area contributed by atoms with Gasteiger partial charge >= 0.3 is 0 Å². The lowest BCUT2D eigenvalue weighted by Gasteiger charge is -2.46. The third-order valence-electron chi connectivity index (χ3n) is 5.27. The van der Waals surface area contributed by atoms with Crippen LogP contribution in [0, 0.1) is 5.41 Å². The molecule has 1 aromatic rings. The molecule has 2 heterocycles. The first-order valence-electron chi connectivity index (χ1n) is 8.35. The molecule has 0 radical (unpaired) electrons. The minimum Gasteiger partial charge on any atom is -0.317 e. The van der Waals surface area contributed by atoms with E-state index in [-0.39, 0.29) is 0 Å². The predicted octanol–water partition coefficient (Wildman–Crippen LogP) is 2.36. The lowest BCUT2D eigenvalue weighted by atomic mass is 9.80. The Kier molecular flexibility index (Phi) is 4.63. The molecule has 0 aromatic heterocycles. The first-order chi connectivity index (χ1) is 10.2.